The summed E-state index contributed by atoms with van der Waals surface area (Å²) in [6.07, 6.45) is 7.85. The number of allylic oxidation sites excluding steroid dienone is 1. The van der Waals surface area contributed by atoms with Gasteiger partial charge in [0.15, 0.2) is 6.10 Å². The minimum Gasteiger partial charge on any atom is -0.472 e. The van der Waals surface area contributed by atoms with Gasteiger partial charge in [-0.3, -0.25) is 0 Å². The van der Waals surface area contributed by atoms with E-state index in [0.29, 0.717) is 6.42 Å². The van der Waals surface area contributed by atoms with E-state index < -0.39 is 39.7 Å². The average Bonchev–Trinajstić information content (AvgIpc) is 3.38. The largest absolute Gasteiger partial charge is 0.472 e. The number of nitrogens with zero attached hydrogens (tertiary/aromatic N) is 1. The zero-order valence-corrected chi connectivity index (χ0v) is 21.1. The number of epoxide rings is 1. The average molecular weight is 484 g/mol. The predicted octanol–water partition coefficient (Wildman–Crippen LogP) is 4.36. The van der Waals surface area contributed by atoms with E-state index in [1.165, 1.54) is 0 Å². The first-order chi connectivity index (χ1) is 16.5. The Morgan fingerprint density at radius 1 is 1.09 bits per heavy atom. The lowest BCUT2D eigenvalue weighted by atomic mass is 9.37. The first kappa shape index (κ1) is 22.8. The third kappa shape index (κ3) is 2.54. The first-order valence-corrected chi connectivity index (χ1v) is 12.4. The molecule has 0 bridgehead atoms. The number of carbonyl (C=O) groups is 2. The molecule has 8 nitrogen and oxygen atoms in total. The number of fused-ring (bicyclic) bond motifs is 3. The van der Waals surface area contributed by atoms with Gasteiger partial charge < -0.3 is 23.5 Å². The second kappa shape index (κ2) is 6.78. The number of ether oxygens (including phenoxy) is 3. The molecule has 2 aliphatic carbocycles. The van der Waals surface area contributed by atoms with E-state index in [1.54, 1.807) is 25.7 Å². The monoisotopic (exact) mass is 483 g/mol. The summed E-state index contributed by atoms with van der Waals surface area (Å²) < 4.78 is 23.8. The summed E-state index contributed by atoms with van der Waals surface area (Å²) in [5.74, 6) is -0.683. The van der Waals surface area contributed by atoms with Crippen LogP contribution in [0.25, 0.3) is 0 Å². The number of furan rings is 1. The molecule has 0 unspecified atom stereocenters. The molecule has 8 atom stereocenters. The number of rotatable bonds is 2. The van der Waals surface area contributed by atoms with Crippen molar-refractivity contribution in [3.8, 4) is 0 Å². The predicted molar refractivity (Wildman–Crippen MR) is 124 cm³/mol. The molecule has 35 heavy (non-hydrogen) atoms. The Balaban J connectivity index is 1.57. The van der Waals surface area contributed by atoms with Gasteiger partial charge in [0, 0.05) is 28.4 Å². The van der Waals surface area contributed by atoms with Crippen molar-refractivity contribution in [3.05, 3.63) is 36.3 Å². The lowest BCUT2D eigenvalue weighted by Crippen LogP contribution is -2.71. The van der Waals surface area contributed by atoms with Gasteiger partial charge in [-0.15, -0.1) is 0 Å². The second-order valence-corrected chi connectivity index (χ2v) is 12.0. The molecule has 3 aliphatic heterocycles. The lowest BCUT2D eigenvalue weighted by molar-refractivity contribution is -0.196. The van der Waals surface area contributed by atoms with Gasteiger partial charge in [0.1, 0.15) is 24.4 Å². The van der Waals surface area contributed by atoms with Crippen molar-refractivity contribution in [2.75, 3.05) is 7.11 Å². The molecule has 1 spiro atoms. The van der Waals surface area contributed by atoms with Crippen molar-refractivity contribution < 1.29 is 33.1 Å². The summed E-state index contributed by atoms with van der Waals surface area (Å²) >= 11 is 0. The maximum Gasteiger partial charge on any atom is 0.339 e. The van der Waals surface area contributed by atoms with Gasteiger partial charge in [0.05, 0.1) is 18.2 Å². The highest BCUT2D eigenvalue weighted by atomic mass is 16.7. The molecule has 0 aromatic carbocycles. The van der Waals surface area contributed by atoms with Gasteiger partial charge in [-0.05, 0) is 50.5 Å². The van der Waals surface area contributed by atoms with Gasteiger partial charge in [-0.1, -0.05) is 32.0 Å². The van der Waals surface area contributed by atoms with Gasteiger partial charge >= 0.3 is 11.9 Å². The molecule has 1 aromatic rings. The number of carbonyl (C=O) groups excluding carboxylic acids is 2. The van der Waals surface area contributed by atoms with Crippen LogP contribution in [0.5, 0.6) is 0 Å². The minimum absolute atomic E-state index is 0.0251. The highest BCUT2D eigenvalue weighted by molar-refractivity contribution is 5.96. The van der Waals surface area contributed by atoms with E-state index in [-0.39, 0.29) is 23.8 Å². The van der Waals surface area contributed by atoms with Gasteiger partial charge in [0.25, 0.3) is 0 Å². The van der Waals surface area contributed by atoms with Crippen LogP contribution in [0, 0.1) is 28.1 Å². The molecule has 0 N–H and O–H groups in total. The topological polar surface area (TPSA) is 99.9 Å². The number of hydrogen-bond donors (Lipinski definition) is 0. The maximum atomic E-state index is 13.3. The van der Waals surface area contributed by atoms with Crippen molar-refractivity contribution >= 4 is 17.7 Å². The fourth-order valence-corrected chi connectivity index (χ4v) is 8.76. The first-order valence-electron chi connectivity index (χ1n) is 12.4. The van der Waals surface area contributed by atoms with Crippen molar-refractivity contribution in [3.63, 3.8) is 0 Å². The highest BCUT2D eigenvalue weighted by Crippen LogP contribution is 2.78. The molecule has 188 valence electrons. The van der Waals surface area contributed by atoms with Crippen LogP contribution in [0.1, 0.15) is 65.5 Å². The normalized spacial score (nSPS) is 48.5. The lowest BCUT2D eigenvalue weighted by Gasteiger charge is -2.65. The third-order valence-electron chi connectivity index (χ3n) is 10.2. The van der Waals surface area contributed by atoms with Crippen LogP contribution in [-0.2, 0) is 28.6 Å². The molecule has 8 heteroatoms. The van der Waals surface area contributed by atoms with Crippen molar-refractivity contribution in [2.45, 2.75) is 77.3 Å². The molecular formula is C27H33NO7. The number of cyclic esters (lactones) is 2. The summed E-state index contributed by atoms with van der Waals surface area (Å²) in [6, 6.07) is 1.86. The van der Waals surface area contributed by atoms with Crippen LogP contribution in [0.15, 0.2) is 40.3 Å². The molecular weight excluding hydrogens is 450 g/mol. The molecule has 6 rings (SSSR count). The van der Waals surface area contributed by atoms with E-state index in [9.17, 15) is 9.59 Å². The molecule has 5 aliphatic rings. The Morgan fingerprint density at radius 3 is 2.54 bits per heavy atom. The van der Waals surface area contributed by atoms with E-state index in [2.05, 4.69) is 25.9 Å². The Morgan fingerprint density at radius 2 is 1.86 bits per heavy atom. The summed E-state index contributed by atoms with van der Waals surface area (Å²) in [5, 5.41) is 4.59. The summed E-state index contributed by atoms with van der Waals surface area (Å²) in [7, 11) is 1.55. The Labute approximate surface area is 205 Å². The van der Waals surface area contributed by atoms with Gasteiger partial charge in [-0.2, -0.15) is 0 Å². The van der Waals surface area contributed by atoms with Crippen LogP contribution in [0.4, 0.5) is 0 Å². The van der Waals surface area contributed by atoms with Crippen LogP contribution < -0.4 is 0 Å². The third-order valence-corrected chi connectivity index (χ3v) is 10.2. The minimum atomic E-state index is -0.819. The van der Waals surface area contributed by atoms with Crippen molar-refractivity contribution in [2.24, 2.45) is 33.2 Å². The van der Waals surface area contributed by atoms with E-state index in [1.807, 2.05) is 26.0 Å². The van der Waals surface area contributed by atoms with Crippen molar-refractivity contribution in [1.82, 2.24) is 0 Å². The molecule has 1 aromatic heterocycles. The number of esters is 2. The SMILES string of the molecule is CO/N=C1\C[C@H]2C(C)(C)OC(=O)C=C[C@]2(C)[C@H]2CC[C@@]3(C)[C@H](c4ccoc4)OC(=O)[C@H]4O[C@]43[C@]12C. The van der Waals surface area contributed by atoms with Crippen LogP contribution >= 0.6 is 0 Å². The maximum absolute atomic E-state index is 13.3. The summed E-state index contributed by atoms with van der Waals surface area (Å²) in [6.45, 7) is 10.5. The Kier molecular flexibility index (Phi) is 4.42. The molecule has 0 radical (unpaired) electrons. The van der Waals surface area contributed by atoms with Crippen LogP contribution in [0.2, 0.25) is 0 Å². The fraction of sp³-hybridized carbons (Fsp3) is 0.667. The van der Waals surface area contributed by atoms with Crippen LogP contribution in [0.3, 0.4) is 0 Å². The van der Waals surface area contributed by atoms with E-state index in [4.69, 9.17) is 23.5 Å². The van der Waals surface area contributed by atoms with Crippen LogP contribution in [-0.4, -0.2) is 42.1 Å². The molecule has 4 heterocycles. The number of oxime groups is 1. The van der Waals surface area contributed by atoms with E-state index in [0.717, 1.165) is 24.1 Å². The Bertz CT molecular complexity index is 1150. The molecule has 4 fully saturated rings. The second-order valence-electron chi connectivity index (χ2n) is 12.0. The van der Waals surface area contributed by atoms with Gasteiger partial charge in [0.2, 0.25) is 0 Å². The summed E-state index contributed by atoms with van der Waals surface area (Å²) in [4.78, 5) is 31.2. The molecule has 2 saturated carbocycles. The zero-order chi connectivity index (χ0) is 25.0. The molecule has 2 saturated heterocycles. The smallest absolute Gasteiger partial charge is 0.339 e. The van der Waals surface area contributed by atoms with Gasteiger partial charge in [-0.25, -0.2) is 9.59 Å². The standard InChI is InChI=1S/C27H33NO7/c1-23(2)17-13-18(28-31-6)26(5)16(24(17,3)10-8-19(29)34-23)7-11-25(4)20(15-9-12-32-14-15)33-22(30)21-27(25,26)35-21/h8-10,12,14,16-17,20-21H,7,11,13H2,1-6H3/b28-18+/t16-,17+,20+,21-,24-,25+,26+,27-/m1/s1. The fourth-order valence-electron chi connectivity index (χ4n) is 8.76. The zero-order valence-electron chi connectivity index (χ0n) is 21.1. The summed E-state index contributed by atoms with van der Waals surface area (Å²) in [5.41, 5.74) is -1.39. The Hall–Kier alpha value is -2.61. The molecule has 0 amide bonds. The van der Waals surface area contributed by atoms with Crippen molar-refractivity contribution in [1.29, 1.82) is 0 Å². The highest BCUT2D eigenvalue weighted by Gasteiger charge is 2.87. The quantitative estimate of drug-likeness (QED) is 0.350. The number of hydrogen-bond acceptors (Lipinski definition) is 8. The van der Waals surface area contributed by atoms with E-state index >= 15 is 0 Å².